The summed E-state index contributed by atoms with van der Waals surface area (Å²) in [7, 11) is 0. The van der Waals surface area contributed by atoms with Crippen molar-refractivity contribution in [1.82, 2.24) is 14.8 Å². The van der Waals surface area contributed by atoms with Crippen LogP contribution >= 0.6 is 0 Å². The summed E-state index contributed by atoms with van der Waals surface area (Å²) in [6.07, 6.45) is 0. The number of hydrogen-bond acceptors (Lipinski definition) is 6. The van der Waals surface area contributed by atoms with E-state index in [-0.39, 0.29) is 0 Å². The molecule has 0 saturated heterocycles. The number of fused-ring (bicyclic) bond motifs is 1. The molecule has 0 radical (unpaired) electrons. The van der Waals surface area contributed by atoms with Gasteiger partial charge in [0.1, 0.15) is 18.4 Å². The number of allylic oxidation sites excluding steroid dienone is 1. The van der Waals surface area contributed by atoms with E-state index in [1.807, 2.05) is 73.7 Å². The molecule has 3 aromatic carbocycles. The van der Waals surface area contributed by atoms with E-state index in [1.54, 1.807) is 4.68 Å². The number of nitrogens with one attached hydrogen (secondary N) is 1. The monoisotopic (exact) mass is 508 g/mol. The van der Waals surface area contributed by atoms with Gasteiger partial charge in [0.2, 0.25) is 11.9 Å². The first-order valence-electron chi connectivity index (χ1n) is 12.8. The van der Waals surface area contributed by atoms with Gasteiger partial charge in [-0.05, 0) is 68.3 Å². The van der Waals surface area contributed by atoms with Crippen LogP contribution in [-0.2, 0) is 11.4 Å². The number of carbonyl (C=O) groups excluding carboxylic acids is 1. The van der Waals surface area contributed by atoms with E-state index in [2.05, 4.69) is 36.2 Å². The lowest BCUT2D eigenvalue weighted by molar-refractivity contribution is -0.115. The number of rotatable bonds is 9. The first kappa shape index (κ1) is 25.1. The van der Waals surface area contributed by atoms with Crippen molar-refractivity contribution in [3.8, 4) is 17.1 Å². The van der Waals surface area contributed by atoms with E-state index < -0.39 is 11.9 Å². The topological polar surface area (TPSA) is 98.3 Å². The highest BCUT2D eigenvalue weighted by atomic mass is 16.5. The van der Waals surface area contributed by atoms with Crippen molar-refractivity contribution in [3.63, 3.8) is 0 Å². The lowest BCUT2D eigenvalue weighted by Crippen LogP contribution is -2.31. The SMILES string of the molecule is CCN(CC)c1ccc(-c2nc3n(n2)C(c2ccc(OCc4ccccc4)cc2)C(C(N)=O)=C(C)N3)cc1. The predicted octanol–water partition coefficient (Wildman–Crippen LogP) is 5.14. The van der Waals surface area contributed by atoms with Gasteiger partial charge in [0, 0.05) is 30.0 Å². The molecule has 4 aromatic rings. The van der Waals surface area contributed by atoms with Crippen molar-refractivity contribution in [1.29, 1.82) is 0 Å². The molecule has 0 saturated carbocycles. The molecule has 3 N–H and O–H groups in total. The molecule has 0 fully saturated rings. The van der Waals surface area contributed by atoms with Crippen LogP contribution in [0.3, 0.4) is 0 Å². The molecule has 0 bridgehead atoms. The molecule has 1 atom stereocenters. The van der Waals surface area contributed by atoms with Crippen LogP contribution in [-0.4, -0.2) is 33.8 Å². The van der Waals surface area contributed by atoms with Gasteiger partial charge >= 0.3 is 0 Å². The van der Waals surface area contributed by atoms with Crippen LogP contribution in [0.25, 0.3) is 11.4 Å². The third-order valence-corrected chi connectivity index (χ3v) is 6.82. The van der Waals surface area contributed by atoms with Gasteiger partial charge in [0.15, 0.2) is 5.82 Å². The summed E-state index contributed by atoms with van der Waals surface area (Å²) in [5.41, 5.74) is 11.0. The van der Waals surface area contributed by atoms with E-state index in [0.29, 0.717) is 29.6 Å². The molecular weight excluding hydrogens is 476 g/mol. The van der Waals surface area contributed by atoms with Crippen LogP contribution < -0.4 is 20.7 Å². The molecule has 8 nitrogen and oxygen atoms in total. The minimum Gasteiger partial charge on any atom is -0.489 e. The summed E-state index contributed by atoms with van der Waals surface area (Å²) in [5.74, 6) is 1.37. The molecule has 1 aliphatic rings. The number of ether oxygens (including phenoxy) is 1. The molecular formula is C30H32N6O2. The predicted molar refractivity (Wildman–Crippen MR) is 150 cm³/mol. The second-order valence-corrected chi connectivity index (χ2v) is 9.20. The summed E-state index contributed by atoms with van der Waals surface area (Å²) in [6.45, 7) is 8.47. The van der Waals surface area contributed by atoms with Gasteiger partial charge < -0.3 is 20.7 Å². The average Bonchev–Trinajstić information content (AvgIpc) is 3.36. The Balaban J connectivity index is 1.44. The average molecular weight is 509 g/mol. The van der Waals surface area contributed by atoms with Crippen LogP contribution in [0.15, 0.2) is 90.1 Å². The molecule has 1 amide bonds. The maximum atomic E-state index is 12.6. The number of nitrogens with two attached hydrogens (primary N) is 1. The molecule has 0 aliphatic carbocycles. The van der Waals surface area contributed by atoms with Crippen molar-refractivity contribution in [3.05, 3.63) is 101 Å². The first-order valence-corrected chi connectivity index (χ1v) is 12.8. The molecule has 1 aromatic heterocycles. The normalized spacial score (nSPS) is 14.6. The number of aromatic nitrogens is 3. The van der Waals surface area contributed by atoms with E-state index in [9.17, 15) is 4.79 Å². The van der Waals surface area contributed by atoms with Crippen molar-refractivity contribution in [2.24, 2.45) is 5.73 Å². The second-order valence-electron chi connectivity index (χ2n) is 9.20. The van der Waals surface area contributed by atoms with Gasteiger partial charge in [-0.25, -0.2) is 4.68 Å². The van der Waals surface area contributed by atoms with Crippen LogP contribution in [0.4, 0.5) is 11.6 Å². The number of hydrogen-bond donors (Lipinski definition) is 2. The van der Waals surface area contributed by atoms with E-state index >= 15 is 0 Å². The number of carbonyl (C=O) groups is 1. The molecule has 1 aliphatic heterocycles. The summed E-state index contributed by atoms with van der Waals surface area (Å²) in [5, 5.41) is 8.03. The Morgan fingerprint density at radius 2 is 1.68 bits per heavy atom. The largest absolute Gasteiger partial charge is 0.489 e. The van der Waals surface area contributed by atoms with E-state index in [4.69, 9.17) is 20.6 Å². The molecule has 2 heterocycles. The zero-order chi connectivity index (χ0) is 26.6. The quantitative estimate of drug-likeness (QED) is 0.325. The Kier molecular flexibility index (Phi) is 7.13. The highest BCUT2D eigenvalue weighted by molar-refractivity contribution is 5.95. The molecule has 8 heteroatoms. The minimum atomic E-state index is -0.511. The lowest BCUT2D eigenvalue weighted by Gasteiger charge is -2.27. The summed E-state index contributed by atoms with van der Waals surface area (Å²) in [6, 6.07) is 25.4. The fourth-order valence-corrected chi connectivity index (χ4v) is 4.80. The van der Waals surface area contributed by atoms with Gasteiger partial charge in [-0.2, -0.15) is 4.98 Å². The maximum Gasteiger partial charge on any atom is 0.248 e. The number of benzene rings is 3. The fraction of sp³-hybridized carbons (Fsp3) is 0.233. The van der Waals surface area contributed by atoms with Crippen molar-refractivity contribution < 1.29 is 9.53 Å². The smallest absolute Gasteiger partial charge is 0.248 e. The van der Waals surface area contributed by atoms with Crippen molar-refractivity contribution in [2.75, 3.05) is 23.3 Å². The number of primary amides is 1. The van der Waals surface area contributed by atoms with Gasteiger partial charge in [-0.3, -0.25) is 4.79 Å². The molecule has 0 spiro atoms. The van der Waals surface area contributed by atoms with Gasteiger partial charge in [0.05, 0.1) is 5.57 Å². The summed E-state index contributed by atoms with van der Waals surface area (Å²) >= 11 is 0. The number of nitrogens with zero attached hydrogens (tertiary/aromatic N) is 4. The van der Waals surface area contributed by atoms with Crippen molar-refractivity contribution >= 4 is 17.5 Å². The Morgan fingerprint density at radius 3 is 2.32 bits per heavy atom. The van der Waals surface area contributed by atoms with Crippen molar-refractivity contribution in [2.45, 2.75) is 33.4 Å². The standard InChI is InChI=1S/C30H32N6O2/c1-4-35(5-2)24-15-11-23(12-16-24)29-33-30-32-20(3)26(28(31)37)27(36(30)34-29)22-13-17-25(18-14-22)38-19-21-9-7-6-8-10-21/h6-18,27H,4-5,19H2,1-3H3,(H2,31,37)(H,32,33,34). The Morgan fingerprint density at radius 1 is 1.00 bits per heavy atom. The van der Waals surface area contributed by atoms with Crippen LogP contribution in [0.5, 0.6) is 5.75 Å². The maximum absolute atomic E-state index is 12.6. The third-order valence-electron chi connectivity index (χ3n) is 6.82. The van der Waals surface area contributed by atoms with Crippen LogP contribution in [0.2, 0.25) is 0 Å². The second kappa shape index (κ2) is 10.8. The highest BCUT2D eigenvalue weighted by Gasteiger charge is 2.33. The fourth-order valence-electron chi connectivity index (χ4n) is 4.80. The van der Waals surface area contributed by atoms with Gasteiger partial charge in [-0.1, -0.05) is 42.5 Å². The Hall–Kier alpha value is -4.59. The minimum absolute atomic E-state index is 0.448. The van der Waals surface area contributed by atoms with E-state index in [1.165, 1.54) is 0 Å². The first-order chi connectivity index (χ1) is 18.5. The van der Waals surface area contributed by atoms with Gasteiger partial charge in [0.25, 0.3) is 0 Å². The Bertz CT molecular complexity index is 1440. The van der Waals surface area contributed by atoms with Crippen LogP contribution in [0, 0.1) is 0 Å². The zero-order valence-electron chi connectivity index (χ0n) is 21.9. The van der Waals surface area contributed by atoms with E-state index in [0.717, 1.165) is 41.2 Å². The third kappa shape index (κ3) is 4.98. The Labute approximate surface area is 222 Å². The molecule has 5 rings (SSSR count). The number of anilines is 2. The van der Waals surface area contributed by atoms with Crippen LogP contribution in [0.1, 0.15) is 37.9 Å². The van der Waals surface area contributed by atoms with Gasteiger partial charge in [-0.15, -0.1) is 5.10 Å². The highest BCUT2D eigenvalue weighted by Crippen LogP contribution is 2.36. The zero-order valence-corrected chi connectivity index (χ0v) is 21.9. The number of amides is 1. The summed E-state index contributed by atoms with van der Waals surface area (Å²) in [4.78, 5) is 19.6. The molecule has 194 valence electrons. The summed E-state index contributed by atoms with van der Waals surface area (Å²) < 4.78 is 7.69. The molecule has 38 heavy (non-hydrogen) atoms. The molecule has 1 unspecified atom stereocenters. The lowest BCUT2D eigenvalue weighted by atomic mass is 9.95.